The number of guanidine groups is 1. The number of hydrogen-bond acceptors (Lipinski definition) is 4. The molecule has 1 fully saturated rings. The predicted molar refractivity (Wildman–Crippen MR) is 146 cm³/mol. The van der Waals surface area contributed by atoms with E-state index in [1.54, 1.807) is 7.11 Å². The van der Waals surface area contributed by atoms with Crippen LogP contribution in [-0.4, -0.2) is 63.8 Å². The Morgan fingerprint density at radius 2 is 1.66 bits per heavy atom. The maximum atomic E-state index is 5.42. The summed E-state index contributed by atoms with van der Waals surface area (Å²) >= 11 is 0. The molecule has 3 rings (SSSR count). The van der Waals surface area contributed by atoms with E-state index in [1.165, 1.54) is 18.7 Å². The number of halogens is 1. The molecule has 2 aromatic carbocycles. The fourth-order valence-electron chi connectivity index (χ4n) is 3.88. The van der Waals surface area contributed by atoms with Gasteiger partial charge in [-0.05, 0) is 44.5 Å². The molecule has 0 spiro atoms. The Balaban J connectivity index is 0.00000363. The molecule has 0 atom stereocenters. The molecule has 176 valence electrons. The van der Waals surface area contributed by atoms with E-state index in [9.17, 15) is 0 Å². The van der Waals surface area contributed by atoms with Crippen molar-refractivity contribution in [2.24, 2.45) is 4.99 Å². The van der Waals surface area contributed by atoms with Crippen molar-refractivity contribution in [1.82, 2.24) is 15.5 Å². The molecule has 0 saturated carbocycles. The number of methoxy groups -OCH3 is 1. The fraction of sp³-hybridized carbons (Fsp3) is 0.480. The van der Waals surface area contributed by atoms with Crippen LogP contribution in [0.15, 0.2) is 59.6 Å². The summed E-state index contributed by atoms with van der Waals surface area (Å²) < 4.78 is 5.42. The van der Waals surface area contributed by atoms with Gasteiger partial charge in [0.2, 0.25) is 0 Å². The summed E-state index contributed by atoms with van der Waals surface area (Å²) in [5.74, 6) is 1.75. The summed E-state index contributed by atoms with van der Waals surface area (Å²) in [5.41, 5.74) is 2.44. The van der Waals surface area contributed by atoms with E-state index in [4.69, 9.17) is 9.73 Å². The second kappa shape index (κ2) is 14.9. The summed E-state index contributed by atoms with van der Waals surface area (Å²) in [6, 6.07) is 18.8. The van der Waals surface area contributed by atoms with Gasteiger partial charge in [-0.3, -0.25) is 4.90 Å². The third-order valence-corrected chi connectivity index (χ3v) is 5.63. The standard InChI is InChI=1S/C25H37N5O.HI/c1-3-26-25(28-21-22-11-7-8-14-24(22)31-2)27-15-9-10-16-29-17-19-30(20-18-29)23-12-5-4-6-13-23;/h4-8,11-14H,3,9-10,15-21H2,1-2H3,(H2,26,27,28);1H. The van der Waals surface area contributed by atoms with Gasteiger partial charge in [0.05, 0.1) is 13.7 Å². The van der Waals surface area contributed by atoms with Gasteiger partial charge in [0.25, 0.3) is 0 Å². The van der Waals surface area contributed by atoms with E-state index in [2.05, 4.69) is 63.8 Å². The summed E-state index contributed by atoms with van der Waals surface area (Å²) in [7, 11) is 1.70. The fourth-order valence-corrected chi connectivity index (χ4v) is 3.88. The van der Waals surface area contributed by atoms with Crippen LogP contribution >= 0.6 is 24.0 Å². The van der Waals surface area contributed by atoms with Crippen LogP contribution in [0.3, 0.4) is 0 Å². The number of nitrogens with zero attached hydrogens (tertiary/aromatic N) is 3. The molecule has 1 aliphatic heterocycles. The molecule has 0 amide bonds. The smallest absolute Gasteiger partial charge is 0.191 e. The minimum Gasteiger partial charge on any atom is -0.496 e. The number of nitrogens with one attached hydrogen (secondary N) is 2. The van der Waals surface area contributed by atoms with Crippen molar-refractivity contribution in [1.29, 1.82) is 0 Å². The van der Waals surface area contributed by atoms with Crippen LogP contribution in [0, 0.1) is 0 Å². The van der Waals surface area contributed by atoms with Gasteiger partial charge in [0.15, 0.2) is 5.96 Å². The van der Waals surface area contributed by atoms with Crippen molar-refractivity contribution in [3.8, 4) is 5.75 Å². The van der Waals surface area contributed by atoms with Crippen LogP contribution in [0.2, 0.25) is 0 Å². The summed E-state index contributed by atoms with van der Waals surface area (Å²) in [6.45, 7) is 10.2. The molecule has 7 heteroatoms. The Hall–Kier alpha value is -2.00. The highest BCUT2D eigenvalue weighted by atomic mass is 127. The molecular weight excluding hydrogens is 513 g/mol. The quantitative estimate of drug-likeness (QED) is 0.203. The molecule has 0 unspecified atom stereocenters. The molecule has 1 heterocycles. The largest absolute Gasteiger partial charge is 0.496 e. The Kier molecular flexibility index (Phi) is 12.3. The maximum Gasteiger partial charge on any atom is 0.191 e. The van der Waals surface area contributed by atoms with Gasteiger partial charge in [-0.1, -0.05) is 36.4 Å². The lowest BCUT2D eigenvalue weighted by Gasteiger charge is -2.36. The monoisotopic (exact) mass is 551 g/mol. The molecule has 6 nitrogen and oxygen atoms in total. The van der Waals surface area contributed by atoms with Crippen LogP contribution in [0.1, 0.15) is 25.3 Å². The lowest BCUT2D eigenvalue weighted by atomic mass is 10.2. The summed E-state index contributed by atoms with van der Waals surface area (Å²) in [6.07, 6.45) is 2.34. The lowest BCUT2D eigenvalue weighted by molar-refractivity contribution is 0.253. The zero-order valence-electron chi connectivity index (χ0n) is 19.4. The van der Waals surface area contributed by atoms with Crippen LogP contribution in [0.5, 0.6) is 5.75 Å². The van der Waals surface area contributed by atoms with Gasteiger partial charge in [-0.2, -0.15) is 0 Å². The number of aliphatic imine (C=N–C) groups is 1. The SMILES string of the molecule is CCNC(=NCc1ccccc1OC)NCCCCN1CCN(c2ccccc2)CC1.I. The average Bonchev–Trinajstić information content (AvgIpc) is 2.83. The van der Waals surface area contributed by atoms with Crippen molar-refractivity contribution >= 4 is 35.6 Å². The molecule has 0 aliphatic carbocycles. The molecular formula is C25H38IN5O. The number of para-hydroxylation sites is 2. The van der Waals surface area contributed by atoms with Gasteiger partial charge >= 0.3 is 0 Å². The van der Waals surface area contributed by atoms with Gasteiger partial charge in [-0.15, -0.1) is 24.0 Å². The van der Waals surface area contributed by atoms with Crippen LogP contribution in [0.25, 0.3) is 0 Å². The highest BCUT2D eigenvalue weighted by Crippen LogP contribution is 2.18. The normalized spacial score (nSPS) is 14.6. The second-order valence-electron chi connectivity index (χ2n) is 7.81. The van der Waals surface area contributed by atoms with Crippen molar-refractivity contribution in [3.05, 3.63) is 60.2 Å². The summed E-state index contributed by atoms with van der Waals surface area (Å²) in [5, 5.41) is 6.80. The van der Waals surface area contributed by atoms with Crippen LogP contribution in [0.4, 0.5) is 5.69 Å². The number of piperazine rings is 1. The molecule has 2 N–H and O–H groups in total. The minimum absolute atomic E-state index is 0. The molecule has 0 aromatic heterocycles. The molecule has 0 bridgehead atoms. The van der Waals surface area contributed by atoms with E-state index in [1.807, 2.05) is 18.2 Å². The van der Waals surface area contributed by atoms with E-state index in [0.717, 1.165) is 63.0 Å². The van der Waals surface area contributed by atoms with E-state index < -0.39 is 0 Å². The summed E-state index contributed by atoms with van der Waals surface area (Å²) in [4.78, 5) is 9.78. The Bertz CT molecular complexity index is 794. The predicted octanol–water partition coefficient (Wildman–Crippen LogP) is 3.97. The number of benzene rings is 2. The van der Waals surface area contributed by atoms with E-state index in [0.29, 0.717) is 6.54 Å². The van der Waals surface area contributed by atoms with Crippen molar-refractivity contribution in [2.75, 3.05) is 57.8 Å². The molecule has 2 aromatic rings. The molecule has 32 heavy (non-hydrogen) atoms. The van der Waals surface area contributed by atoms with E-state index in [-0.39, 0.29) is 24.0 Å². The topological polar surface area (TPSA) is 52.1 Å². The second-order valence-corrected chi connectivity index (χ2v) is 7.81. The third kappa shape index (κ3) is 8.50. The minimum atomic E-state index is 0. The first-order valence-corrected chi connectivity index (χ1v) is 11.5. The molecule has 1 saturated heterocycles. The van der Waals surface area contributed by atoms with Gasteiger partial charge in [-0.25, -0.2) is 4.99 Å². The highest BCUT2D eigenvalue weighted by Gasteiger charge is 2.16. The van der Waals surface area contributed by atoms with Crippen molar-refractivity contribution < 1.29 is 4.74 Å². The Labute approximate surface area is 210 Å². The number of ether oxygens (including phenoxy) is 1. The average molecular weight is 552 g/mol. The van der Waals surface area contributed by atoms with Crippen molar-refractivity contribution in [3.63, 3.8) is 0 Å². The van der Waals surface area contributed by atoms with Gasteiger partial charge in [0, 0.05) is 50.5 Å². The first-order chi connectivity index (χ1) is 15.3. The van der Waals surface area contributed by atoms with Gasteiger partial charge in [0.1, 0.15) is 5.75 Å². The van der Waals surface area contributed by atoms with Crippen LogP contribution in [-0.2, 0) is 6.54 Å². The maximum absolute atomic E-state index is 5.42. The number of rotatable bonds is 10. The first kappa shape index (κ1) is 26.3. The lowest BCUT2D eigenvalue weighted by Crippen LogP contribution is -2.46. The zero-order chi connectivity index (χ0) is 21.7. The zero-order valence-corrected chi connectivity index (χ0v) is 21.8. The third-order valence-electron chi connectivity index (χ3n) is 5.63. The van der Waals surface area contributed by atoms with Crippen molar-refractivity contribution in [2.45, 2.75) is 26.3 Å². The highest BCUT2D eigenvalue weighted by molar-refractivity contribution is 14.0. The Morgan fingerprint density at radius 3 is 2.38 bits per heavy atom. The number of anilines is 1. The number of unbranched alkanes of at least 4 members (excludes halogenated alkanes) is 1. The Morgan fingerprint density at radius 1 is 0.938 bits per heavy atom. The van der Waals surface area contributed by atoms with E-state index >= 15 is 0 Å². The van der Waals surface area contributed by atoms with Crippen LogP contribution < -0.4 is 20.3 Å². The van der Waals surface area contributed by atoms with Gasteiger partial charge < -0.3 is 20.3 Å². The first-order valence-electron chi connectivity index (χ1n) is 11.5. The molecule has 0 radical (unpaired) electrons. The molecule has 1 aliphatic rings. The number of hydrogen-bond donors (Lipinski definition) is 2.